The molecule has 1 aliphatic heterocycles. The van der Waals surface area contributed by atoms with Crippen molar-refractivity contribution in [3.8, 4) is 0 Å². The number of hydrogen-bond donors (Lipinski definition) is 0. The Labute approximate surface area is 120 Å². The van der Waals surface area contributed by atoms with Gasteiger partial charge in [-0.25, -0.2) is 8.42 Å². The smallest absolute Gasteiger partial charge is 0.299 e. The fourth-order valence-corrected chi connectivity index (χ4v) is 4.00. The van der Waals surface area contributed by atoms with E-state index in [1.54, 1.807) is 6.92 Å². The lowest BCUT2D eigenvalue weighted by Gasteiger charge is -2.30. The molecule has 0 N–H and O–H groups in total. The predicted molar refractivity (Wildman–Crippen MR) is 69.0 cm³/mol. The quantitative estimate of drug-likeness (QED) is 0.840. The Bertz CT molecular complexity index is 655. The first-order valence-electron chi connectivity index (χ1n) is 6.33. The number of halogens is 3. The predicted octanol–water partition coefficient (Wildman–Crippen LogP) is 2.31. The first-order valence-corrected chi connectivity index (χ1v) is 7.77. The minimum Gasteiger partial charge on any atom is -0.299 e. The van der Waals surface area contributed by atoms with Crippen LogP contribution < -0.4 is 0 Å². The maximum Gasteiger partial charge on any atom is 0.417 e. The van der Waals surface area contributed by atoms with E-state index in [4.69, 9.17) is 0 Å². The molecule has 0 radical (unpaired) electrons. The minimum atomic E-state index is -4.75. The summed E-state index contributed by atoms with van der Waals surface area (Å²) in [5.74, 6) is -0.586. The van der Waals surface area contributed by atoms with Crippen LogP contribution in [0, 0.1) is 5.92 Å². The number of rotatable bonds is 2. The summed E-state index contributed by atoms with van der Waals surface area (Å²) in [4.78, 5) is 10.7. The minimum absolute atomic E-state index is 0.0224. The maximum absolute atomic E-state index is 12.9. The summed E-state index contributed by atoms with van der Waals surface area (Å²) in [5.41, 5.74) is -1.19. The highest BCUT2D eigenvalue weighted by Gasteiger charge is 2.40. The molecule has 1 aliphatic rings. The molecule has 1 atom stereocenters. The van der Waals surface area contributed by atoms with E-state index in [0.29, 0.717) is 0 Å². The standard InChI is InChI=1S/C13H14F3NO3S/c1-9-8-17(7-6-11(9)18)21(19,20)12-5-3-2-4-10(12)13(14,15)16/h2-5,9H,6-8H2,1H3. The molecule has 1 unspecified atom stereocenters. The van der Waals surface area contributed by atoms with Gasteiger partial charge in [-0.1, -0.05) is 19.1 Å². The molecule has 2 rings (SSSR count). The normalized spacial score (nSPS) is 21.5. The van der Waals surface area contributed by atoms with Gasteiger partial charge < -0.3 is 0 Å². The fourth-order valence-electron chi connectivity index (χ4n) is 2.26. The van der Waals surface area contributed by atoms with Crippen molar-refractivity contribution in [2.45, 2.75) is 24.4 Å². The van der Waals surface area contributed by atoms with Crippen LogP contribution >= 0.6 is 0 Å². The second-order valence-corrected chi connectivity index (χ2v) is 6.88. The van der Waals surface area contributed by atoms with Crippen molar-refractivity contribution in [1.29, 1.82) is 0 Å². The zero-order valence-corrected chi connectivity index (χ0v) is 12.0. The Hall–Kier alpha value is -1.41. The van der Waals surface area contributed by atoms with Crippen molar-refractivity contribution >= 4 is 15.8 Å². The first-order chi connectivity index (χ1) is 9.64. The molecule has 8 heteroatoms. The van der Waals surface area contributed by atoms with E-state index in [1.165, 1.54) is 6.07 Å². The third-order valence-electron chi connectivity index (χ3n) is 3.45. The van der Waals surface area contributed by atoms with Gasteiger partial charge in [0.2, 0.25) is 10.0 Å². The van der Waals surface area contributed by atoms with Crippen LogP contribution in [0.5, 0.6) is 0 Å². The van der Waals surface area contributed by atoms with E-state index in [1.807, 2.05) is 0 Å². The van der Waals surface area contributed by atoms with Crippen LogP contribution in [-0.4, -0.2) is 31.6 Å². The molecule has 4 nitrogen and oxygen atoms in total. The van der Waals surface area contributed by atoms with Crippen LogP contribution in [0.1, 0.15) is 18.9 Å². The molecule has 1 fully saturated rings. The molecule has 0 aliphatic carbocycles. The van der Waals surface area contributed by atoms with Crippen molar-refractivity contribution in [3.05, 3.63) is 29.8 Å². The van der Waals surface area contributed by atoms with Gasteiger partial charge >= 0.3 is 6.18 Å². The molecule has 1 aromatic carbocycles. The first kappa shape index (κ1) is 16.0. The van der Waals surface area contributed by atoms with Gasteiger partial charge in [0.1, 0.15) is 5.78 Å². The summed E-state index contributed by atoms with van der Waals surface area (Å²) < 4.78 is 64.6. The van der Waals surface area contributed by atoms with Crippen molar-refractivity contribution in [2.75, 3.05) is 13.1 Å². The summed E-state index contributed by atoms with van der Waals surface area (Å²) in [6.07, 6.45) is -4.73. The average Bonchev–Trinajstić information content (AvgIpc) is 2.41. The Morgan fingerprint density at radius 3 is 2.43 bits per heavy atom. The molecule has 1 saturated heterocycles. The van der Waals surface area contributed by atoms with Crippen molar-refractivity contribution < 1.29 is 26.4 Å². The lowest BCUT2D eigenvalue weighted by atomic mass is 10.0. The molecule has 116 valence electrons. The highest BCUT2D eigenvalue weighted by atomic mass is 32.2. The fraction of sp³-hybridized carbons (Fsp3) is 0.462. The van der Waals surface area contributed by atoms with Gasteiger partial charge in [-0.2, -0.15) is 17.5 Å². The number of piperidine rings is 1. The van der Waals surface area contributed by atoms with Gasteiger partial charge in [-0.3, -0.25) is 4.79 Å². The number of Topliss-reactive ketones (excluding diaryl/α,β-unsaturated/α-hetero) is 1. The van der Waals surface area contributed by atoms with E-state index in [-0.39, 0.29) is 25.3 Å². The van der Waals surface area contributed by atoms with Crippen LogP contribution in [0.4, 0.5) is 13.2 Å². The van der Waals surface area contributed by atoms with Gasteiger partial charge in [-0.05, 0) is 12.1 Å². The highest BCUT2D eigenvalue weighted by Crippen LogP contribution is 2.35. The van der Waals surface area contributed by atoms with E-state index in [2.05, 4.69) is 0 Å². The largest absolute Gasteiger partial charge is 0.417 e. The molecular formula is C13H14F3NO3S. The van der Waals surface area contributed by atoms with Crippen LogP contribution in [-0.2, 0) is 21.0 Å². The second kappa shape index (κ2) is 5.42. The number of nitrogens with zero attached hydrogens (tertiary/aromatic N) is 1. The molecule has 0 spiro atoms. The molecule has 0 aromatic heterocycles. The van der Waals surface area contributed by atoms with Gasteiger partial charge in [0.15, 0.2) is 0 Å². The lowest BCUT2D eigenvalue weighted by molar-refractivity contribution is -0.140. The summed E-state index contributed by atoms with van der Waals surface area (Å²) >= 11 is 0. The van der Waals surface area contributed by atoms with E-state index in [9.17, 15) is 26.4 Å². The topological polar surface area (TPSA) is 54.5 Å². The highest BCUT2D eigenvalue weighted by molar-refractivity contribution is 7.89. The summed E-state index contributed by atoms with van der Waals surface area (Å²) in [6, 6.07) is 4.08. The average molecular weight is 321 g/mol. The molecule has 1 aromatic rings. The van der Waals surface area contributed by atoms with Gasteiger partial charge in [0, 0.05) is 25.4 Å². The zero-order valence-electron chi connectivity index (χ0n) is 11.2. The number of ketones is 1. The molecular weight excluding hydrogens is 307 g/mol. The Balaban J connectivity index is 2.44. The monoisotopic (exact) mass is 321 g/mol. The third kappa shape index (κ3) is 3.11. The van der Waals surface area contributed by atoms with Gasteiger partial charge in [-0.15, -0.1) is 0 Å². The molecule has 21 heavy (non-hydrogen) atoms. The van der Waals surface area contributed by atoms with Crippen LogP contribution in [0.25, 0.3) is 0 Å². The second-order valence-electron chi connectivity index (χ2n) is 4.97. The summed E-state index contributed by atoms with van der Waals surface area (Å²) in [7, 11) is -4.27. The number of benzene rings is 1. The molecule has 0 amide bonds. The van der Waals surface area contributed by atoms with Crippen LogP contribution in [0.3, 0.4) is 0 Å². The number of carbonyl (C=O) groups is 1. The van der Waals surface area contributed by atoms with Crippen molar-refractivity contribution in [3.63, 3.8) is 0 Å². The van der Waals surface area contributed by atoms with Gasteiger partial charge in [0.05, 0.1) is 10.5 Å². The lowest BCUT2D eigenvalue weighted by Crippen LogP contribution is -2.43. The van der Waals surface area contributed by atoms with E-state index < -0.39 is 32.6 Å². The van der Waals surface area contributed by atoms with Crippen molar-refractivity contribution in [1.82, 2.24) is 4.31 Å². The van der Waals surface area contributed by atoms with Crippen LogP contribution in [0.2, 0.25) is 0 Å². The summed E-state index contributed by atoms with van der Waals surface area (Å²) in [5, 5.41) is 0. The molecule has 1 heterocycles. The number of sulfonamides is 1. The van der Waals surface area contributed by atoms with Gasteiger partial charge in [0.25, 0.3) is 0 Å². The van der Waals surface area contributed by atoms with Crippen LogP contribution in [0.15, 0.2) is 29.2 Å². The Morgan fingerprint density at radius 1 is 1.24 bits per heavy atom. The Kier molecular flexibility index (Phi) is 4.12. The molecule has 0 saturated carbocycles. The third-order valence-corrected chi connectivity index (χ3v) is 5.37. The maximum atomic E-state index is 12.9. The number of hydrogen-bond acceptors (Lipinski definition) is 3. The Morgan fingerprint density at radius 2 is 1.86 bits per heavy atom. The summed E-state index contributed by atoms with van der Waals surface area (Å²) in [6.45, 7) is 1.39. The van der Waals surface area contributed by atoms with E-state index >= 15 is 0 Å². The van der Waals surface area contributed by atoms with Crippen molar-refractivity contribution in [2.24, 2.45) is 5.92 Å². The zero-order chi connectivity index (χ0) is 15.8. The SMILES string of the molecule is CC1CN(S(=O)(=O)c2ccccc2C(F)(F)F)CCC1=O. The number of carbonyl (C=O) groups excluding carboxylic acids is 1. The molecule has 0 bridgehead atoms. The number of alkyl halides is 3. The van der Waals surface area contributed by atoms with E-state index in [0.717, 1.165) is 22.5 Å².